The number of hydrogen-bond donors (Lipinski definition) is 1. The lowest BCUT2D eigenvalue weighted by Gasteiger charge is -2.10. The highest BCUT2D eigenvalue weighted by molar-refractivity contribution is 9.10. The molecule has 3 aromatic rings. The Kier molecular flexibility index (Phi) is 7.58. The maximum atomic E-state index is 11.8. The molecule has 0 unspecified atom stereocenters. The van der Waals surface area contributed by atoms with E-state index in [1.54, 1.807) is 24.3 Å². The van der Waals surface area contributed by atoms with Crippen molar-refractivity contribution in [2.24, 2.45) is 5.10 Å². The largest absolute Gasteiger partial charge is 0.488 e. The molecule has 1 N–H and O–H groups in total. The van der Waals surface area contributed by atoms with Crippen LogP contribution in [-0.4, -0.2) is 18.7 Å². The number of carbonyl (C=O) groups excluding carboxylic acids is 1. The lowest BCUT2D eigenvalue weighted by atomic mass is 10.1. The van der Waals surface area contributed by atoms with E-state index in [1.165, 1.54) is 6.21 Å². The molecule has 0 radical (unpaired) electrons. The first kappa shape index (κ1) is 21.1. The van der Waals surface area contributed by atoms with Crippen LogP contribution in [0.4, 0.5) is 0 Å². The Morgan fingerprint density at radius 1 is 1.07 bits per heavy atom. The predicted molar refractivity (Wildman–Crippen MR) is 117 cm³/mol. The number of halogens is 1. The zero-order valence-corrected chi connectivity index (χ0v) is 17.5. The Bertz CT molecular complexity index is 1080. The zero-order valence-electron chi connectivity index (χ0n) is 15.9. The first-order valence-corrected chi connectivity index (χ1v) is 9.85. The average Bonchev–Trinajstić information content (AvgIpc) is 2.78. The van der Waals surface area contributed by atoms with E-state index in [0.29, 0.717) is 17.1 Å². The van der Waals surface area contributed by atoms with Crippen molar-refractivity contribution in [1.29, 1.82) is 5.26 Å². The number of benzene rings is 3. The van der Waals surface area contributed by atoms with Crippen molar-refractivity contribution in [1.82, 2.24) is 5.43 Å². The minimum Gasteiger partial charge on any atom is -0.488 e. The molecular weight excluding hydrogens is 446 g/mol. The van der Waals surface area contributed by atoms with Crippen LogP contribution in [0.5, 0.6) is 11.5 Å². The molecule has 0 saturated heterocycles. The standard InChI is InChI=1S/C23H18BrN3O3/c24-21-12-17(14-26-27-23(28)16-29-20-8-2-1-3-9-20)10-11-22(21)30-15-19-7-5-4-6-18(19)13-25/h1-12,14H,15-16H2,(H,27,28)/b26-14-. The number of hydrogen-bond acceptors (Lipinski definition) is 5. The summed E-state index contributed by atoms with van der Waals surface area (Å²) in [5, 5.41) is 13.1. The first-order chi connectivity index (χ1) is 14.7. The second kappa shape index (κ2) is 10.8. The molecule has 0 spiro atoms. The second-order valence-electron chi connectivity index (χ2n) is 6.14. The van der Waals surface area contributed by atoms with E-state index in [2.05, 4.69) is 32.5 Å². The van der Waals surface area contributed by atoms with Gasteiger partial charge in [-0.05, 0) is 57.9 Å². The van der Waals surface area contributed by atoms with Crippen LogP contribution in [0.3, 0.4) is 0 Å². The van der Waals surface area contributed by atoms with Gasteiger partial charge in [0.15, 0.2) is 6.61 Å². The van der Waals surface area contributed by atoms with Gasteiger partial charge < -0.3 is 9.47 Å². The summed E-state index contributed by atoms with van der Waals surface area (Å²) in [6, 6.07) is 24.0. The van der Waals surface area contributed by atoms with Crippen LogP contribution in [0, 0.1) is 11.3 Å². The molecule has 0 aliphatic carbocycles. The SMILES string of the molecule is N#Cc1ccccc1COc1ccc(/C=N\NC(=O)COc2ccccc2)cc1Br. The number of nitriles is 1. The Hall–Kier alpha value is -3.63. The molecule has 3 aromatic carbocycles. The van der Waals surface area contributed by atoms with Crippen LogP contribution in [0.2, 0.25) is 0 Å². The van der Waals surface area contributed by atoms with Gasteiger partial charge in [0.25, 0.3) is 5.91 Å². The summed E-state index contributed by atoms with van der Waals surface area (Å²) in [7, 11) is 0. The molecule has 0 heterocycles. The van der Waals surface area contributed by atoms with Gasteiger partial charge >= 0.3 is 0 Å². The van der Waals surface area contributed by atoms with Crippen molar-refractivity contribution in [2.45, 2.75) is 6.61 Å². The third kappa shape index (κ3) is 6.19. The van der Waals surface area contributed by atoms with E-state index in [-0.39, 0.29) is 19.1 Å². The maximum Gasteiger partial charge on any atom is 0.277 e. The highest BCUT2D eigenvalue weighted by Gasteiger charge is 2.06. The predicted octanol–water partition coefficient (Wildman–Crippen LogP) is 4.43. The molecule has 0 aliphatic heterocycles. The molecule has 0 aromatic heterocycles. The smallest absolute Gasteiger partial charge is 0.277 e. The lowest BCUT2D eigenvalue weighted by Crippen LogP contribution is -2.24. The molecule has 0 bridgehead atoms. The van der Waals surface area contributed by atoms with Crippen molar-refractivity contribution in [2.75, 3.05) is 6.61 Å². The molecule has 7 heteroatoms. The summed E-state index contributed by atoms with van der Waals surface area (Å²) < 4.78 is 11.9. The van der Waals surface area contributed by atoms with E-state index < -0.39 is 0 Å². The van der Waals surface area contributed by atoms with Gasteiger partial charge in [0.05, 0.1) is 22.3 Å². The van der Waals surface area contributed by atoms with E-state index in [0.717, 1.165) is 15.6 Å². The number of amides is 1. The van der Waals surface area contributed by atoms with Gasteiger partial charge in [-0.2, -0.15) is 10.4 Å². The fraction of sp³-hybridized carbons (Fsp3) is 0.0870. The number of hydrazone groups is 1. The molecule has 6 nitrogen and oxygen atoms in total. The van der Waals surface area contributed by atoms with Gasteiger partial charge in [0.2, 0.25) is 0 Å². The average molecular weight is 464 g/mol. The normalized spacial score (nSPS) is 10.4. The highest BCUT2D eigenvalue weighted by Crippen LogP contribution is 2.26. The van der Waals surface area contributed by atoms with E-state index in [1.807, 2.05) is 48.5 Å². The summed E-state index contributed by atoms with van der Waals surface area (Å²) >= 11 is 3.47. The molecule has 3 rings (SSSR count). The van der Waals surface area contributed by atoms with Gasteiger partial charge in [0, 0.05) is 5.56 Å². The Balaban J connectivity index is 1.51. The molecule has 150 valence electrons. The maximum absolute atomic E-state index is 11.8. The highest BCUT2D eigenvalue weighted by atomic mass is 79.9. The van der Waals surface area contributed by atoms with Gasteiger partial charge in [-0.25, -0.2) is 5.43 Å². The fourth-order valence-electron chi connectivity index (χ4n) is 2.50. The van der Waals surface area contributed by atoms with Crippen LogP contribution in [-0.2, 0) is 11.4 Å². The monoisotopic (exact) mass is 463 g/mol. The third-order valence-corrected chi connectivity index (χ3v) is 4.61. The number of para-hydroxylation sites is 1. The quantitative estimate of drug-likeness (QED) is 0.395. The van der Waals surface area contributed by atoms with Gasteiger partial charge in [0.1, 0.15) is 18.1 Å². The number of rotatable bonds is 8. The van der Waals surface area contributed by atoms with Crippen molar-refractivity contribution in [3.05, 3.63) is 94.0 Å². The topological polar surface area (TPSA) is 83.7 Å². The molecule has 0 aliphatic rings. The Labute approximate surface area is 182 Å². The van der Waals surface area contributed by atoms with Crippen LogP contribution >= 0.6 is 15.9 Å². The zero-order chi connectivity index (χ0) is 21.2. The van der Waals surface area contributed by atoms with Gasteiger partial charge in [-0.1, -0.05) is 36.4 Å². The Morgan fingerprint density at radius 3 is 2.60 bits per heavy atom. The number of nitrogens with one attached hydrogen (secondary N) is 1. The van der Waals surface area contributed by atoms with Crippen molar-refractivity contribution in [3.63, 3.8) is 0 Å². The summed E-state index contributed by atoms with van der Waals surface area (Å²) in [4.78, 5) is 11.8. The number of carbonyl (C=O) groups is 1. The molecule has 30 heavy (non-hydrogen) atoms. The van der Waals surface area contributed by atoms with Crippen LogP contribution < -0.4 is 14.9 Å². The molecule has 0 saturated carbocycles. The van der Waals surface area contributed by atoms with Crippen LogP contribution in [0.25, 0.3) is 0 Å². The third-order valence-electron chi connectivity index (χ3n) is 3.99. The Morgan fingerprint density at radius 2 is 1.83 bits per heavy atom. The molecule has 0 fully saturated rings. The van der Waals surface area contributed by atoms with Gasteiger partial charge in [-0.15, -0.1) is 0 Å². The van der Waals surface area contributed by atoms with Crippen molar-refractivity contribution < 1.29 is 14.3 Å². The summed E-state index contributed by atoms with van der Waals surface area (Å²) in [6.45, 7) is 0.162. The number of nitrogens with zero attached hydrogens (tertiary/aromatic N) is 2. The van der Waals surface area contributed by atoms with Crippen molar-refractivity contribution in [3.8, 4) is 17.6 Å². The lowest BCUT2D eigenvalue weighted by molar-refractivity contribution is -0.123. The molecular formula is C23H18BrN3O3. The van der Waals surface area contributed by atoms with Crippen LogP contribution in [0.15, 0.2) is 82.4 Å². The minimum absolute atomic E-state index is 0.123. The van der Waals surface area contributed by atoms with E-state index in [9.17, 15) is 4.79 Å². The van der Waals surface area contributed by atoms with E-state index >= 15 is 0 Å². The minimum atomic E-state index is -0.356. The van der Waals surface area contributed by atoms with Crippen LogP contribution in [0.1, 0.15) is 16.7 Å². The summed E-state index contributed by atoms with van der Waals surface area (Å²) in [6.07, 6.45) is 1.53. The fourth-order valence-corrected chi connectivity index (χ4v) is 3.01. The first-order valence-electron chi connectivity index (χ1n) is 9.06. The summed E-state index contributed by atoms with van der Waals surface area (Å²) in [5.74, 6) is 0.902. The van der Waals surface area contributed by atoms with Gasteiger partial charge in [-0.3, -0.25) is 4.79 Å². The number of ether oxygens (including phenoxy) is 2. The second-order valence-corrected chi connectivity index (χ2v) is 7.00. The molecule has 1 amide bonds. The van der Waals surface area contributed by atoms with E-state index in [4.69, 9.17) is 14.7 Å². The molecule has 0 atom stereocenters. The summed E-state index contributed by atoms with van der Waals surface area (Å²) in [5.41, 5.74) is 4.60. The van der Waals surface area contributed by atoms with Crippen molar-refractivity contribution >= 4 is 28.1 Å².